The lowest BCUT2D eigenvalue weighted by Gasteiger charge is -2.50. The molecule has 0 bridgehead atoms. The van der Waals surface area contributed by atoms with E-state index in [2.05, 4.69) is 0 Å². The van der Waals surface area contributed by atoms with Gasteiger partial charge >= 0.3 is 11.9 Å². The number of aliphatic hydroxyl groups excluding tert-OH is 7. The summed E-state index contributed by atoms with van der Waals surface area (Å²) in [6.07, 6.45) is -37.3. The van der Waals surface area contributed by atoms with Crippen LogP contribution in [0.15, 0.2) is 0 Å². The van der Waals surface area contributed by atoms with Crippen LogP contribution in [0.25, 0.3) is 0 Å². The number of methoxy groups -OCH3 is 7. The number of nitrogens with two attached hydrogens (primary N) is 1. The molecule has 25 atom stereocenters. The van der Waals surface area contributed by atoms with Gasteiger partial charge in [0.1, 0.15) is 104 Å². The van der Waals surface area contributed by atoms with Crippen LogP contribution in [0.4, 0.5) is 0 Å². The first-order chi connectivity index (χ1) is 31.0. The molecule has 5 aliphatic heterocycles. The molecule has 28 heteroatoms. The minimum atomic E-state index is -2.09. The third kappa shape index (κ3) is 11.1. The Morgan fingerprint density at radius 3 is 1.11 bits per heavy atom. The zero-order valence-corrected chi connectivity index (χ0v) is 36.5. The van der Waals surface area contributed by atoms with Crippen LogP contribution in [0.3, 0.4) is 0 Å². The molecule has 0 aromatic rings. The number of rotatable bonds is 20. The SMILES string of the molecule is COC1C(OC)[C@H](O[C@H]2O[C@H](CO)[C@@H](O[C@@H]3OC(C(=O)O)[C@H](O[C@@H]4OC(CO)[C@H](OC)[C@H](OC)C4N)[C@H](OC)C3OC)C(O)C2O)[C@H](C(=O)O)O[C@@H]1O[C@H]1C(CO)O[C@@H](OC)C(O)[C@H]1O. The molecule has 65 heavy (non-hydrogen) atoms. The zero-order chi connectivity index (χ0) is 48.0. The summed E-state index contributed by atoms with van der Waals surface area (Å²) in [6, 6.07) is -1.09. The summed E-state index contributed by atoms with van der Waals surface area (Å²) < 4.78 is 91.1. The van der Waals surface area contributed by atoms with Crippen molar-refractivity contribution in [3.63, 3.8) is 0 Å². The number of ether oxygens (including phenoxy) is 16. The number of carbonyl (C=O) groups is 2. The van der Waals surface area contributed by atoms with Crippen molar-refractivity contribution in [2.45, 2.75) is 153 Å². The van der Waals surface area contributed by atoms with Gasteiger partial charge in [0.2, 0.25) is 0 Å². The van der Waals surface area contributed by atoms with Gasteiger partial charge in [0.15, 0.2) is 43.7 Å². The molecule has 0 aromatic carbocycles. The molecular weight excluding hydrogens is 890 g/mol. The first-order valence-corrected chi connectivity index (χ1v) is 20.4. The van der Waals surface area contributed by atoms with Gasteiger partial charge < -0.3 is 127 Å². The average molecular weight is 954 g/mol. The molecule has 5 aliphatic rings. The van der Waals surface area contributed by atoms with E-state index >= 15 is 0 Å². The summed E-state index contributed by atoms with van der Waals surface area (Å²) in [4.78, 5) is 25.5. The van der Waals surface area contributed by atoms with Crippen LogP contribution in [-0.2, 0) is 85.4 Å². The summed E-state index contributed by atoms with van der Waals surface area (Å²) in [5.41, 5.74) is 6.40. The Balaban J connectivity index is 1.33. The second-order valence-electron chi connectivity index (χ2n) is 15.6. The van der Waals surface area contributed by atoms with Crippen molar-refractivity contribution >= 4 is 11.9 Å². The van der Waals surface area contributed by atoms with E-state index < -0.39 is 185 Å². The van der Waals surface area contributed by atoms with Gasteiger partial charge in [-0.25, -0.2) is 9.59 Å². The predicted octanol–water partition coefficient (Wildman–Crippen LogP) is -7.19. The topological polar surface area (TPSA) is 390 Å². The Kier molecular flexibility index (Phi) is 19.9. The number of hydrogen-bond acceptors (Lipinski definition) is 26. The van der Waals surface area contributed by atoms with Crippen molar-refractivity contribution in [1.82, 2.24) is 0 Å². The highest BCUT2D eigenvalue weighted by atomic mass is 16.8. The van der Waals surface area contributed by atoms with Gasteiger partial charge in [-0.2, -0.15) is 0 Å². The van der Waals surface area contributed by atoms with Crippen LogP contribution in [0, 0.1) is 0 Å². The fourth-order valence-corrected chi connectivity index (χ4v) is 8.71. The molecule has 10 unspecified atom stereocenters. The van der Waals surface area contributed by atoms with Gasteiger partial charge in [0.25, 0.3) is 0 Å². The quantitative estimate of drug-likeness (QED) is 0.0542. The van der Waals surface area contributed by atoms with E-state index in [1.165, 1.54) is 42.7 Å². The Morgan fingerprint density at radius 1 is 0.400 bits per heavy atom. The summed E-state index contributed by atoms with van der Waals surface area (Å²) in [6.45, 7) is -2.22. The molecule has 0 spiro atoms. The molecule has 0 radical (unpaired) electrons. The Hall–Kier alpha value is -2.02. The number of aliphatic carboxylic acids is 2. The van der Waals surface area contributed by atoms with Gasteiger partial charge in [-0.3, -0.25) is 0 Å². The van der Waals surface area contributed by atoms with E-state index in [4.69, 9.17) is 81.5 Å². The average Bonchev–Trinajstić information content (AvgIpc) is 3.30. The molecule has 11 N–H and O–H groups in total. The highest BCUT2D eigenvalue weighted by molar-refractivity contribution is 5.74. The van der Waals surface area contributed by atoms with Crippen LogP contribution < -0.4 is 5.73 Å². The number of carboxylic acid groups (broad SMARTS) is 2. The van der Waals surface area contributed by atoms with E-state index in [1.54, 1.807) is 0 Å². The summed E-state index contributed by atoms with van der Waals surface area (Å²) >= 11 is 0. The second kappa shape index (κ2) is 24.0. The molecule has 5 rings (SSSR count). The van der Waals surface area contributed by atoms with Crippen LogP contribution in [0.2, 0.25) is 0 Å². The lowest BCUT2D eigenvalue weighted by Crippen LogP contribution is -2.69. The number of hydrogen-bond donors (Lipinski definition) is 10. The van der Waals surface area contributed by atoms with Gasteiger partial charge in [0, 0.05) is 49.8 Å². The van der Waals surface area contributed by atoms with Crippen LogP contribution in [0.5, 0.6) is 0 Å². The maximum atomic E-state index is 12.8. The Morgan fingerprint density at radius 2 is 0.738 bits per heavy atom. The van der Waals surface area contributed by atoms with Crippen molar-refractivity contribution in [3.05, 3.63) is 0 Å². The van der Waals surface area contributed by atoms with Crippen molar-refractivity contribution in [2.75, 3.05) is 69.6 Å². The van der Waals surface area contributed by atoms with E-state index in [9.17, 15) is 55.5 Å². The smallest absolute Gasteiger partial charge is 0.335 e. The van der Waals surface area contributed by atoms with Gasteiger partial charge in [-0.15, -0.1) is 0 Å². The second-order valence-corrected chi connectivity index (χ2v) is 15.6. The third-order valence-corrected chi connectivity index (χ3v) is 12.0. The minimum Gasteiger partial charge on any atom is -0.479 e. The largest absolute Gasteiger partial charge is 0.479 e. The minimum absolute atomic E-state index is 0.545. The van der Waals surface area contributed by atoms with Crippen LogP contribution in [-0.4, -0.2) is 281 Å². The standard InChI is InChI=1S/C37H63NO27/c1-50-21-13(10-41)57-33(14(38)22(21)51-2)62-25-23(52-3)29(54-5)36(64-27(25)31(46)47)61-20-12(9-40)59-35(18(45)16(20)43)63-26-24(53-4)30(55-6)37(65-28(26)32(48)49)60-19-11(8-39)58-34(56-7)17(44)15(19)42/h11-30,33-37,39-45H,8-10,38H2,1-7H3,(H,46,47)(H,48,49)/t11?,12-,13?,14?,15-,16?,17?,18?,19+,20-,21+,22-,23+,24?,25-,26+,27?,28-,29?,30?,33+,34-,35-,36-,37+/m1/s1. The molecule has 0 aliphatic carbocycles. The van der Waals surface area contributed by atoms with Crippen molar-refractivity contribution < 1.29 is 131 Å². The first kappa shape index (κ1) is 53.9. The van der Waals surface area contributed by atoms with Crippen LogP contribution >= 0.6 is 0 Å². The highest BCUT2D eigenvalue weighted by Gasteiger charge is 2.59. The monoisotopic (exact) mass is 953 g/mol. The van der Waals surface area contributed by atoms with Gasteiger partial charge in [-0.1, -0.05) is 0 Å². The van der Waals surface area contributed by atoms with Crippen molar-refractivity contribution in [2.24, 2.45) is 5.73 Å². The van der Waals surface area contributed by atoms with Crippen LogP contribution in [0.1, 0.15) is 0 Å². The summed E-state index contributed by atoms with van der Waals surface area (Å²) in [7, 11) is 8.66. The normalized spacial score (nSPS) is 47.3. The predicted molar refractivity (Wildman–Crippen MR) is 203 cm³/mol. The Labute approximate surface area is 371 Å². The van der Waals surface area contributed by atoms with Crippen molar-refractivity contribution in [3.8, 4) is 0 Å². The fraction of sp³-hybridized carbons (Fsp3) is 0.946. The lowest BCUT2D eigenvalue weighted by molar-refractivity contribution is -0.389. The molecule has 5 heterocycles. The van der Waals surface area contributed by atoms with E-state index in [0.717, 1.165) is 7.11 Å². The van der Waals surface area contributed by atoms with Gasteiger partial charge in [-0.05, 0) is 0 Å². The van der Waals surface area contributed by atoms with E-state index in [1.807, 2.05) is 0 Å². The van der Waals surface area contributed by atoms with E-state index in [0.29, 0.717) is 0 Å². The molecule has 378 valence electrons. The maximum Gasteiger partial charge on any atom is 0.335 e. The third-order valence-electron chi connectivity index (χ3n) is 12.0. The highest BCUT2D eigenvalue weighted by Crippen LogP contribution is 2.38. The Bertz CT molecular complexity index is 1480. The zero-order valence-electron chi connectivity index (χ0n) is 36.5. The summed E-state index contributed by atoms with van der Waals surface area (Å²) in [5, 5.41) is 95.4. The maximum absolute atomic E-state index is 12.8. The molecule has 28 nitrogen and oxygen atoms in total. The molecule has 5 fully saturated rings. The number of aliphatic hydroxyl groups is 7. The molecule has 5 saturated heterocycles. The number of carboxylic acids is 2. The molecular formula is C37H63NO27. The van der Waals surface area contributed by atoms with Crippen molar-refractivity contribution in [1.29, 1.82) is 0 Å². The molecule has 0 amide bonds. The summed E-state index contributed by atoms with van der Waals surface area (Å²) in [5.74, 6) is -3.24. The molecule has 0 saturated carbocycles. The lowest BCUT2D eigenvalue weighted by atomic mass is 9.94. The molecule has 0 aromatic heterocycles. The first-order valence-electron chi connectivity index (χ1n) is 20.4. The van der Waals surface area contributed by atoms with E-state index in [-0.39, 0.29) is 0 Å². The van der Waals surface area contributed by atoms with Gasteiger partial charge in [0.05, 0.1) is 25.9 Å². The fourth-order valence-electron chi connectivity index (χ4n) is 8.71.